The highest BCUT2D eigenvalue weighted by molar-refractivity contribution is 7.85. The van der Waals surface area contributed by atoms with Gasteiger partial charge >= 0.3 is 0 Å². The van der Waals surface area contributed by atoms with Crippen molar-refractivity contribution in [1.29, 1.82) is 0 Å². The van der Waals surface area contributed by atoms with Crippen molar-refractivity contribution in [2.24, 2.45) is 0 Å². The lowest BCUT2D eigenvalue weighted by Gasteiger charge is -2.30. The number of carbonyl (C=O) groups is 3. The summed E-state index contributed by atoms with van der Waals surface area (Å²) in [4.78, 5) is 34.9. The van der Waals surface area contributed by atoms with Gasteiger partial charge < -0.3 is 14.8 Å². The third kappa shape index (κ3) is 23.1. The maximum absolute atomic E-state index is 12.2. The number of Topliss-reactive ketones (excluding diaryl/α,β-unsaturated/α-hetero) is 2. The molecule has 0 spiro atoms. The Hall–Kier alpha value is -2.99. The Kier molecular flexibility index (Phi) is 34.5. The van der Waals surface area contributed by atoms with Crippen LogP contribution in [0.1, 0.15) is 87.8 Å². The second-order valence-corrected chi connectivity index (χ2v) is 10.9. The molecule has 2 aromatic carbocycles. The molecular formula is C34H62FNO8S. The third-order valence-electron chi connectivity index (χ3n) is 6.28. The summed E-state index contributed by atoms with van der Waals surface area (Å²) in [6.07, 6.45) is 2.70. The molecule has 1 amide bonds. The molecule has 0 saturated heterocycles. The van der Waals surface area contributed by atoms with Crippen LogP contribution in [-0.4, -0.2) is 68.7 Å². The predicted octanol–water partition coefficient (Wildman–Crippen LogP) is 6.93. The number of hydrogen-bond acceptors (Lipinski definition) is 7. The van der Waals surface area contributed by atoms with Gasteiger partial charge in [-0.25, -0.2) is 0 Å². The average molecular weight is 664 g/mol. The molecule has 2 aromatic rings. The molecule has 2 rings (SSSR count). The molecule has 45 heavy (non-hydrogen) atoms. The van der Waals surface area contributed by atoms with Crippen LogP contribution in [0.4, 0.5) is 4.70 Å². The summed E-state index contributed by atoms with van der Waals surface area (Å²) in [6.45, 7) is 2.94. The van der Waals surface area contributed by atoms with E-state index in [0.717, 1.165) is 11.1 Å². The van der Waals surface area contributed by atoms with E-state index >= 15 is 0 Å². The van der Waals surface area contributed by atoms with Crippen molar-refractivity contribution in [3.8, 4) is 0 Å². The summed E-state index contributed by atoms with van der Waals surface area (Å²) in [7, 11) is -0.991. The molecule has 0 heterocycles. The van der Waals surface area contributed by atoms with Gasteiger partial charge in [-0.3, -0.25) is 23.6 Å². The molecule has 0 aliphatic heterocycles. The van der Waals surface area contributed by atoms with Crippen molar-refractivity contribution in [2.75, 3.05) is 26.5 Å². The Bertz CT molecular complexity index is 1130. The zero-order chi connectivity index (χ0) is 29.3. The van der Waals surface area contributed by atoms with Gasteiger partial charge in [-0.1, -0.05) is 97.8 Å². The largest absolute Gasteiger partial charge is 0.373 e. The lowest BCUT2D eigenvalue weighted by molar-refractivity contribution is -0.139. The normalized spacial score (nSPS) is 11.6. The molecule has 0 saturated carbocycles. The Morgan fingerprint density at radius 3 is 1.73 bits per heavy atom. The summed E-state index contributed by atoms with van der Waals surface area (Å²) in [5.41, 5.74) is 1.22. The van der Waals surface area contributed by atoms with Gasteiger partial charge in [0.05, 0.1) is 5.75 Å². The number of methoxy groups -OCH3 is 2. The van der Waals surface area contributed by atoms with Crippen LogP contribution in [0.2, 0.25) is 0 Å². The zero-order valence-electron chi connectivity index (χ0n) is 23.6. The van der Waals surface area contributed by atoms with Gasteiger partial charge in [-0.05, 0) is 44.2 Å². The van der Waals surface area contributed by atoms with Crippen molar-refractivity contribution in [3.63, 3.8) is 0 Å². The fourth-order valence-electron chi connectivity index (χ4n) is 3.96. The number of unbranched alkanes of at least 4 members (excludes halogenated alkanes) is 1. The molecule has 0 aromatic heterocycles. The topological polar surface area (TPSA) is 136 Å². The number of ether oxygens (including phenoxy) is 2. The molecule has 2 N–H and O–H groups in total. The van der Waals surface area contributed by atoms with Crippen LogP contribution in [0, 0.1) is 0 Å². The molecule has 2 atom stereocenters. The molecule has 0 radical (unpaired) electrons. The van der Waals surface area contributed by atoms with Crippen molar-refractivity contribution >= 4 is 27.6 Å². The highest BCUT2D eigenvalue weighted by atomic mass is 32.2. The van der Waals surface area contributed by atoms with E-state index in [4.69, 9.17) is 14.0 Å². The quantitative estimate of drug-likeness (QED) is 0.146. The summed E-state index contributed by atoms with van der Waals surface area (Å²) < 4.78 is 40.4. The van der Waals surface area contributed by atoms with Crippen LogP contribution < -0.4 is 5.32 Å². The Balaban J connectivity index is -0.000000173. The molecule has 11 heteroatoms. The Morgan fingerprint density at radius 2 is 1.33 bits per heavy atom. The van der Waals surface area contributed by atoms with E-state index in [0.29, 0.717) is 32.1 Å². The van der Waals surface area contributed by atoms with Gasteiger partial charge in [0.15, 0.2) is 11.6 Å². The van der Waals surface area contributed by atoms with E-state index in [2.05, 4.69) is 5.32 Å². The summed E-state index contributed by atoms with van der Waals surface area (Å²) in [5, 5.41) is 2.44. The van der Waals surface area contributed by atoms with Crippen molar-refractivity contribution in [3.05, 3.63) is 71.8 Å². The van der Waals surface area contributed by atoms with Crippen LogP contribution in [0.3, 0.4) is 0 Å². The van der Waals surface area contributed by atoms with E-state index in [1.807, 2.05) is 60.7 Å². The van der Waals surface area contributed by atoms with Crippen molar-refractivity contribution < 1.29 is 41.5 Å². The molecular weight excluding hydrogens is 601 g/mol. The first-order valence-corrected chi connectivity index (χ1v) is 14.4. The van der Waals surface area contributed by atoms with Gasteiger partial charge in [0.25, 0.3) is 10.1 Å². The number of benzene rings is 2. The van der Waals surface area contributed by atoms with E-state index in [9.17, 15) is 22.8 Å². The molecule has 0 fully saturated rings. The van der Waals surface area contributed by atoms with Gasteiger partial charge in [0.1, 0.15) is 11.7 Å². The Morgan fingerprint density at radius 1 is 0.844 bits per heavy atom. The van der Waals surface area contributed by atoms with E-state index in [1.165, 1.54) is 14.0 Å². The number of rotatable bonds is 16. The Labute approximate surface area is 273 Å². The van der Waals surface area contributed by atoms with E-state index < -0.39 is 21.5 Å². The number of carbonyl (C=O) groups excluding carboxylic acids is 3. The maximum Gasteiger partial charge on any atom is 0.266 e. The minimum absolute atomic E-state index is 0. The first-order valence-electron chi connectivity index (χ1n) is 12.8. The molecule has 0 aliphatic rings. The lowest BCUT2D eigenvalue weighted by atomic mass is 9.85. The summed E-state index contributed by atoms with van der Waals surface area (Å²) >= 11 is 0. The highest BCUT2D eigenvalue weighted by Crippen LogP contribution is 2.25. The first-order chi connectivity index (χ1) is 18.4. The number of nitrogens with one attached hydrogen (secondary N) is 1. The van der Waals surface area contributed by atoms with Crippen LogP contribution in [-0.2, 0) is 46.8 Å². The molecule has 9 nitrogen and oxygen atoms in total. The number of ketones is 2. The molecule has 0 aliphatic carbocycles. The summed E-state index contributed by atoms with van der Waals surface area (Å²) in [6, 6.07) is 19.5. The highest BCUT2D eigenvalue weighted by Gasteiger charge is 2.35. The van der Waals surface area contributed by atoms with Gasteiger partial charge in [0.2, 0.25) is 5.91 Å². The molecule has 0 bridgehead atoms. The van der Waals surface area contributed by atoms with Crippen molar-refractivity contribution in [2.45, 2.75) is 101 Å². The van der Waals surface area contributed by atoms with E-state index in [1.54, 1.807) is 14.0 Å². The number of hydrogen-bond donors (Lipinski definition) is 2. The molecule has 264 valence electrons. The van der Waals surface area contributed by atoms with Crippen LogP contribution in [0.5, 0.6) is 0 Å². The smallest absolute Gasteiger partial charge is 0.266 e. The second-order valence-electron chi connectivity index (χ2n) is 9.28. The first kappa shape index (κ1) is 54.5. The fourth-order valence-corrected chi connectivity index (χ4v) is 4.32. The monoisotopic (exact) mass is 663 g/mol. The number of halogens is 1. The third-order valence-corrected chi connectivity index (χ3v) is 7.00. The van der Waals surface area contributed by atoms with E-state index in [-0.39, 0.29) is 78.4 Å². The maximum atomic E-state index is 12.2. The van der Waals surface area contributed by atoms with Crippen LogP contribution in [0.25, 0.3) is 0 Å². The molecule has 2 unspecified atom stereocenters. The zero-order valence-corrected chi connectivity index (χ0v) is 24.4. The van der Waals surface area contributed by atoms with Crippen LogP contribution >= 0.6 is 0 Å². The summed E-state index contributed by atoms with van der Waals surface area (Å²) in [5.74, 6) is -0.775. The van der Waals surface area contributed by atoms with Crippen LogP contribution in [0.15, 0.2) is 60.7 Å². The van der Waals surface area contributed by atoms with Gasteiger partial charge in [-0.2, -0.15) is 8.42 Å². The number of amides is 1. The lowest BCUT2D eigenvalue weighted by Crippen LogP contribution is -2.41. The second kappa shape index (κ2) is 28.5. The SMILES string of the molecule is C.C.C.C.C.COC(CCCCC(=O)NCCS(=O)(=O)O)(Cc1ccccc1)C(C)=O.COC(Cc1ccccc1)C(C)=O.F. The fraction of sp³-hybridized carbons (Fsp3) is 0.559. The van der Waals surface area contributed by atoms with Gasteiger partial charge in [-0.15, -0.1) is 0 Å². The minimum atomic E-state index is -4.08. The van der Waals surface area contributed by atoms with Gasteiger partial charge in [0, 0.05) is 40.0 Å². The average Bonchev–Trinajstić information content (AvgIpc) is 2.89. The van der Waals surface area contributed by atoms with Crippen molar-refractivity contribution in [1.82, 2.24) is 5.32 Å². The predicted molar refractivity (Wildman–Crippen MR) is 186 cm³/mol. The minimum Gasteiger partial charge on any atom is -0.373 e. The standard InChI is InChI=1S/C18H27NO6S.C11H14O2.5CH4.FH/c1-15(20)18(25-2,14-16-8-4-3-5-9-16)11-7-6-10-17(21)19-12-13-26(22,23)24;1-9(12)11(13-2)8-10-6-4-3-5-7-10;;;;;;/h3-5,8-9H,6-7,10-14H2,1-2H3,(H,19,21)(H,22,23,24);3-7,11H,8H2,1-2H3;5*1H4;1H.